The number of aromatic hydroxyl groups is 1. The van der Waals surface area contributed by atoms with Crippen molar-refractivity contribution in [1.82, 2.24) is 5.01 Å². The predicted octanol–water partition coefficient (Wildman–Crippen LogP) is 2.12. The molecule has 0 bridgehead atoms. The van der Waals surface area contributed by atoms with Gasteiger partial charge in [0.2, 0.25) is 0 Å². The molecule has 0 spiro atoms. The van der Waals surface area contributed by atoms with Gasteiger partial charge in [0.1, 0.15) is 18.8 Å². The van der Waals surface area contributed by atoms with Gasteiger partial charge < -0.3 is 5.11 Å². The molecule has 0 saturated carbocycles. The van der Waals surface area contributed by atoms with Crippen molar-refractivity contribution < 1.29 is 10.1 Å². The second-order valence-corrected chi connectivity index (χ2v) is 6.05. The van der Waals surface area contributed by atoms with E-state index in [-0.39, 0.29) is 5.75 Å². The average Bonchev–Trinajstić information content (AvgIpc) is 2.57. The van der Waals surface area contributed by atoms with Gasteiger partial charge in [0, 0.05) is 16.1 Å². The van der Waals surface area contributed by atoms with Gasteiger partial charge in [-0.05, 0) is 24.3 Å². The third kappa shape index (κ3) is 3.57. The molecule has 2 heterocycles. The minimum Gasteiger partial charge on any atom is -0.507 e. The zero-order chi connectivity index (χ0) is 15.4. The third-order valence-corrected chi connectivity index (χ3v) is 4.13. The Morgan fingerprint density at radius 2 is 1.95 bits per heavy atom. The molecule has 1 fully saturated rings. The Labute approximate surface area is 138 Å². The number of halogens is 1. The summed E-state index contributed by atoms with van der Waals surface area (Å²) >= 11 is 3.40. The number of nitrogens with one attached hydrogen (secondary N) is 1. The normalized spacial score (nSPS) is 15.5. The highest BCUT2D eigenvalue weighted by atomic mass is 79.9. The highest BCUT2D eigenvalue weighted by molar-refractivity contribution is 9.10. The van der Waals surface area contributed by atoms with Crippen LogP contribution in [0.2, 0.25) is 0 Å². The fourth-order valence-electron chi connectivity index (χ4n) is 2.41. The first-order chi connectivity index (χ1) is 10.7. The number of benzene rings is 1. The molecule has 3 rings (SSSR count). The second kappa shape index (κ2) is 6.79. The second-order valence-electron chi connectivity index (χ2n) is 5.14. The molecule has 0 atom stereocenters. The maximum atomic E-state index is 9.81. The average molecular weight is 362 g/mol. The van der Waals surface area contributed by atoms with Gasteiger partial charge in [0.05, 0.1) is 25.5 Å². The van der Waals surface area contributed by atoms with Crippen LogP contribution in [0.15, 0.2) is 52.2 Å². The largest absolute Gasteiger partial charge is 0.507 e. The number of aromatic amines is 1. The summed E-state index contributed by atoms with van der Waals surface area (Å²) in [6, 6.07) is 11.4. The number of H-pyrrole nitrogens is 1. The van der Waals surface area contributed by atoms with Crippen LogP contribution in [0.25, 0.3) is 0 Å². The van der Waals surface area contributed by atoms with Gasteiger partial charge >= 0.3 is 0 Å². The van der Waals surface area contributed by atoms with Crippen LogP contribution in [0.1, 0.15) is 5.56 Å². The highest BCUT2D eigenvalue weighted by Gasteiger charge is 2.21. The Hall–Kier alpha value is -2.08. The lowest BCUT2D eigenvalue weighted by molar-refractivity contribution is -0.364. The van der Waals surface area contributed by atoms with Crippen LogP contribution in [0, 0.1) is 0 Å². The highest BCUT2D eigenvalue weighted by Crippen LogP contribution is 2.20. The van der Waals surface area contributed by atoms with Gasteiger partial charge in [-0.15, -0.1) is 0 Å². The first kappa shape index (κ1) is 14.8. The molecule has 5 nitrogen and oxygen atoms in total. The van der Waals surface area contributed by atoms with E-state index in [1.165, 1.54) is 0 Å². The van der Waals surface area contributed by atoms with Crippen molar-refractivity contribution in [3.63, 3.8) is 0 Å². The van der Waals surface area contributed by atoms with Crippen LogP contribution in [0.3, 0.4) is 0 Å². The van der Waals surface area contributed by atoms with E-state index in [0.717, 1.165) is 36.5 Å². The summed E-state index contributed by atoms with van der Waals surface area (Å²) in [6.07, 6.45) is 3.65. The molecule has 1 saturated heterocycles. The molecule has 1 aromatic carbocycles. The molecule has 6 heteroatoms. The number of aromatic nitrogens is 1. The molecule has 0 aliphatic carbocycles. The van der Waals surface area contributed by atoms with Crippen molar-refractivity contribution in [2.45, 2.75) is 0 Å². The van der Waals surface area contributed by atoms with E-state index in [1.54, 1.807) is 12.3 Å². The number of pyridine rings is 1. The lowest BCUT2D eigenvalue weighted by atomic mass is 10.2. The van der Waals surface area contributed by atoms with Crippen LogP contribution in [-0.4, -0.2) is 42.5 Å². The summed E-state index contributed by atoms with van der Waals surface area (Å²) < 4.78 is 0.927. The molecular formula is C16H18BrN4O+. The monoisotopic (exact) mass is 361 g/mol. The van der Waals surface area contributed by atoms with Gasteiger partial charge in [-0.3, -0.25) is 9.91 Å². The maximum Gasteiger partial charge on any atom is 0.274 e. The van der Waals surface area contributed by atoms with Crippen LogP contribution in [-0.2, 0) is 0 Å². The molecule has 0 amide bonds. The number of hydrogen-bond acceptors (Lipinski definition) is 4. The van der Waals surface area contributed by atoms with Crippen LogP contribution in [0.4, 0.5) is 5.82 Å². The van der Waals surface area contributed by atoms with E-state index in [1.807, 2.05) is 35.5 Å². The van der Waals surface area contributed by atoms with E-state index in [4.69, 9.17) is 0 Å². The summed E-state index contributed by atoms with van der Waals surface area (Å²) in [4.78, 5) is 5.56. The van der Waals surface area contributed by atoms with E-state index >= 15 is 0 Å². The molecule has 22 heavy (non-hydrogen) atoms. The molecular weight excluding hydrogens is 344 g/mol. The minimum atomic E-state index is 0.240. The molecule has 0 radical (unpaired) electrons. The topological polar surface area (TPSA) is 53.2 Å². The van der Waals surface area contributed by atoms with Gasteiger partial charge in [-0.1, -0.05) is 22.0 Å². The number of hydrogen-bond donors (Lipinski definition) is 1. The molecule has 0 unspecified atom stereocenters. The van der Waals surface area contributed by atoms with Gasteiger partial charge in [-0.2, -0.15) is 5.10 Å². The third-order valence-electron chi connectivity index (χ3n) is 3.64. The number of phenolic OH excluding ortho intramolecular Hbond substituents is 1. The lowest BCUT2D eigenvalue weighted by Gasteiger charge is -2.28. The number of hydrazone groups is 1. The quantitative estimate of drug-likeness (QED) is 0.852. The Bertz CT molecular complexity index is 654. The van der Waals surface area contributed by atoms with E-state index in [9.17, 15) is 5.11 Å². The van der Waals surface area contributed by atoms with E-state index in [2.05, 4.69) is 37.0 Å². The van der Waals surface area contributed by atoms with Crippen molar-refractivity contribution in [2.24, 2.45) is 5.10 Å². The van der Waals surface area contributed by atoms with Crippen molar-refractivity contribution in [1.29, 1.82) is 0 Å². The fraction of sp³-hybridized carbons (Fsp3) is 0.250. The predicted molar refractivity (Wildman–Crippen MR) is 90.2 cm³/mol. The zero-order valence-electron chi connectivity index (χ0n) is 12.1. The molecule has 2 aromatic rings. The van der Waals surface area contributed by atoms with Crippen LogP contribution in [0.5, 0.6) is 5.75 Å². The van der Waals surface area contributed by atoms with Crippen molar-refractivity contribution in [3.05, 3.63) is 52.6 Å². The van der Waals surface area contributed by atoms with Crippen molar-refractivity contribution in [2.75, 3.05) is 31.1 Å². The number of rotatable bonds is 3. The Morgan fingerprint density at radius 3 is 2.68 bits per heavy atom. The number of phenols is 1. The molecule has 1 aliphatic rings. The summed E-state index contributed by atoms with van der Waals surface area (Å²) in [6.45, 7) is 3.55. The Balaban J connectivity index is 1.60. The SMILES string of the molecule is Oc1ccc(Br)cc1C=NN1CCN(c2cccc[nH+]2)CC1. The van der Waals surface area contributed by atoms with Crippen LogP contribution < -0.4 is 9.88 Å². The van der Waals surface area contributed by atoms with Crippen molar-refractivity contribution >= 4 is 28.0 Å². The number of nitrogens with zero attached hydrogens (tertiary/aromatic N) is 3. The maximum absolute atomic E-state index is 9.81. The lowest BCUT2D eigenvalue weighted by Crippen LogP contribution is -2.45. The standard InChI is InChI=1S/C16H17BrN4O/c17-14-4-5-15(22)13(11-14)12-19-21-9-7-20(8-10-21)16-3-1-2-6-18-16/h1-6,11-12,22H,7-10H2/p+1. The first-order valence-corrected chi connectivity index (χ1v) is 8.01. The molecule has 114 valence electrons. The minimum absolute atomic E-state index is 0.240. The van der Waals surface area contributed by atoms with Crippen LogP contribution >= 0.6 is 15.9 Å². The summed E-state index contributed by atoms with van der Waals surface area (Å²) in [7, 11) is 0. The van der Waals surface area contributed by atoms with E-state index < -0.39 is 0 Å². The molecule has 1 aromatic heterocycles. The van der Waals surface area contributed by atoms with Crippen molar-refractivity contribution in [3.8, 4) is 5.75 Å². The van der Waals surface area contributed by atoms with Gasteiger partial charge in [-0.25, -0.2) is 4.98 Å². The summed E-state index contributed by atoms with van der Waals surface area (Å²) in [5.74, 6) is 1.38. The number of anilines is 1. The molecule has 1 aliphatic heterocycles. The number of piperazine rings is 1. The van der Waals surface area contributed by atoms with E-state index in [0.29, 0.717) is 5.56 Å². The zero-order valence-corrected chi connectivity index (χ0v) is 13.7. The smallest absolute Gasteiger partial charge is 0.274 e. The van der Waals surface area contributed by atoms with Gasteiger partial charge in [0.15, 0.2) is 0 Å². The first-order valence-electron chi connectivity index (χ1n) is 7.21. The van der Waals surface area contributed by atoms with Gasteiger partial charge in [0.25, 0.3) is 5.82 Å². The Morgan fingerprint density at radius 1 is 1.14 bits per heavy atom. The summed E-state index contributed by atoms with van der Waals surface area (Å²) in [5, 5.41) is 16.3. The molecule has 2 N–H and O–H groups in total. The fourth-order valence-corrected chi connectivity index (χ4v) is 2.78. The summed E-state index contributed by atoms with van der Waals surface area (Å²) in [5.41, 5.74) is 0.716. The Kier molecular flexibility index (Phi) is 4.58.